The molecule has 41 heavy (non-hydrogen) atoms. The molecule has 2 saturated heterocycles. The first-order valence-corrected chi connectivity index (χ1v) is 17.7. The zero-order valence-electron chi connectivity index (χ0n) is 25.6. The van der Waals surface area contributed by atoms with E-state index in [4.69, 9.17) is 0 Å². The number of nitrogens with one attached hydrogen (secondary N) is 1. The van der Waals surface area contributed by atoms with Crippen molar-refractivity contribution in [1.82, 2.24) is 5.01 Å². The van der Waals surface area contributed by atoms with Gasteiger partial charge in [0.1, 0.15) is 5.69 Å². The molecule has 2 aromatic carbocycles. The molecule has 0 atom stereocenters. The van der Waals surface area contributed by atoms with Crippen molar-refractivity contribution in [1.29, 1.82) is 0 Å². The molecule has 220 valence electrons. The van der Waals surface area contributed by atoms with Crippen molar-refractivity contribution in [2.45, 2.75) is 104 Å². The van der Waals surface area contributed by atoms with E-state index in [0.29, 0.717) is 10.8 Å². The summed E-state index contributed by atoms with van der Waals surface area (Å²) in [4.78, 5) is 0. The van der Waals surface area contributed by atoms with Crippen LogP contribution in [0.15, 0.2) is 36.4 Å². The zero-order valence-corrected chi connectivity index (χ0v) is 26.5. The van der Waals surface area contributed by atoms with Crippen molar-refractivity contribution in [3.63, 3.8) is 0 Å². The van der Waals surface area contributed by atoms with Gasteiger partial charge >= 0.3 is 0 Å². The predicted octanol–water partition coefficient (Wildman–Crippen LogP) is 9.43. The summed E-state index contributed by atoms with van der Waals surface area (Å²) >= 11 is 1.95. The highest BCUT2D eigenvalue weighted by Crippen LogP contribution is 2.46. The van der Waals surface area contributed by atoms with Gasteiger partial charge in [-0.1, -0.05) is 44.6 Å². The molecule has 0 unspecified atom stereocenters. The lowest BCUT2D eigenvalue weighted by Gasteiger charge is -2.45. The quantitative estimate of drug-likeness (QED) is 0.249. The van der Waals surface area contributed by atoms with Gasteiger partial charge < -0.3 is 5.32 Å². The number of amidine groups is 1. The number of benzene rings is 2. The standard InChI is InChI=1S/C36H51N4S/c1-3-37-29-10-12-31-32-13-11-30(27-34(32)41-33(31)26-29)40(39-24-20-36(21-25-39)16-8-5-9-17-36)28(2)38-22-18-35(19-23-38)14-6-4-7-15-35/h10-13,26-27,37H,3-9,14-25H2,1-2H3/q+1. The topological polar surface area (TPSA) is 21.5 Å². The number of hydrazine groups is 1. The van der Waals surface area contributed by atoms with Crippen LogP contribution in [0.25, 0.3) is 20.2 Å². The molecule has 2 aliphatic heterocycles. The van der Waals surface area contributed by atoms with Gasteiger partial charge in [0.2, 0.25) is 0 Å². The van der Waals surface area contributed by atoms with Crippen molar-refractivity contribution in [3.8, 4) is 0 Å². The summed E-state index contributed by atoms with van der Waals surface area (Å²) in [7, 11) is 0. The van der Waals surface area contributed by atoms with Crippen LogP contribution in [-0.4, -0.2) is 48.1 Å². The Kier molecular flexibility index (Phi) is 7.79. The van der Waals surface area contributed by atoms with E-state index in [1.165, 1.54) is 153 Å². The van der Waals surface area contributed by atoms with E-state index in [-0.39, 0.29) is 0 Å². The second-order valence-electron chi connectivity index (χ2n) is 13.9. The summed E-state index contributed by atoms with van der Waals surface area (Å²) in [5.41, 5.74) is 3.83. The summed E-state index contributed by atoms with van der Waals surface area (Å²) in [5.74, 6) is 1.45. The minimum Gasteiger partial charge on any atom is -0.385 e. The molecule has 2 saturated carbocycles. The van der Waals surface area contributed by atoms with Gasteiger partial charge in [-0.25, -0.2) is 0 Å². The van der Waals surface area contributed by atoms with Crippen molar-refractivity contribution in [2.24, 2.45) is 10.8 Å². The molecular formula is C36H51N4S+. The zero-order chi connectivity index (χ0) is 27.9. The van der Waals surface area contributed by atoms with Gasteiger partial charge in [0.05, 0.1) is 13.1 Å². The molecule has 0 radical (unpaired) electrons. The Morgan fingerprint density at radius 3 is 2.00 bits per heavy atom. The molecule has 4 nitrogen and oxygen atoms in total. The van der Waals surface area contributed by atoms with Crippen molar-refractivity contribution >= 4 is 48.7 Å². The molecule has 7 rings (SSSR count). The highest BCUT2D eigenvalue weighted by Gasteiger charge is 2.42. The molecular weight excluding hydrogens is 520 g/mol. The van der Waals surface area contributed by atoms with Crippen LogP contribution in [0.4, 0.5) is 11.4 Å². The summed E-state index contributed by atoms with van der Waals surface area (Å²) in [6.45, 7) is 10.4. The number of thiophene rings is 1. The maximum atomic E-state index is 3.50. The van der Waals surface area contributed by atoms with Gasteiger partial charge in [0.25, 0.3) is 5.84 Å². The van der Waals surface area contributed by atoms with Crippen LogP contribution in [-0.2, 0) is 0 Å². The van der Waals surface area contributed by atoms with Gasteiger partial charge in [0, 0.05) is 58.5 Å². The molecule has 3 heterocycles. The SMILES string of the molecule is CCNc1ccc2c(c1)sc1cc(N(C(C)=[N+]3CCC4(CCCCC4)CC3)N3CCC4(CCCCC4)CC3)ccc12. The van der Waals surface area contributed by atoms with Crippen LogP contribution < -0.4 is 10.3 Å². The number of rotatable bonds is 4. The number of piperidine rings is 2. The lowest BCUT2D eigenvalue weighted by atomic mass is 9.68. The van der Waals surface area contributed by atoms with E-state index in [1.807, 2.05) is 11.3 Å². The fourth-order valence-corrected chi connectivity index (χ4v) is 10.2. The van der Waals surface area contributed by atoms with Crippen molar-refractivity contribution in [3.05, 3.63) is 36.4 Å². The maximum absolute atomic E-state index is 3.50. The van der Waals surface area contributed by atoms with Crippen LogP contribution in [0.5, 0.6) is 0 Å². The number of hydrogen-bond donors (Lipinski definition) is 1. The van der Waals surface area contributed by atoms with E-state index in [0.717, 1.165) is 6.54 Å². The Balaban J connectivity index is 1.21. The average Bonchev–Trinajstić information content (AvgIpc) is 3.37. The minimum absolute atomic E-state index is 0.618. The normalized spacial score (nSPS) is 22.9. The Labute approximate surface area is 251 Å². The monoisotopic (exact) mass is 571 g/mol. The lowest BCUT2D eigenvalue weighted by molar-refractivity contribution is -0.547. The number of hydrogen-bond acceptors (Lipinski definition) is 3. The van der Waals surface area contributed by atoms with Crippen LogP contribution in [0.1, 0.15) is 104 Å². The molecule has 0 amide bonds. The van der Waals surface area contributed by atoms with Crippen molar-refractivity contribution < 1.29 is 4.58 Å². The van der Waals surface area contributed by atoms with Gasteiger partial charge in [0.15, 0.2) is 0 Å². The van der Waals surface area contributed by atoms with Crippen LogP contribution in [0, 0.1) is 10.8 Å². The van der Waals surface area contributed by atoms with Gasteiger partial charge in [-0.2, -0.15) is 0 Å². The molecule has 2 spiro atoms. The highest BCUT2D eigenvalue weighted by molar-refractivity contribution is 7.25. The van der Waals surface area contributed by atoms with Gasteiger partial charge in [-0.15, -0.1) is 21.4 Å². The van der Waals surface area contributed by atoms with Crippen molar-refractivity contribution in [2.75, 3.05) is 43.0 Å². The minimum atomic E-state index is 0.618. The second kappa shape index (κ2) is 11.5. The van der Waals surface area contributed by atoms with Crippen LogP contribution in [0.2, 0.25) is 0 Å². The Morgan fingerprint density at radius 2 is 1.37 bits per heavy atom. The van der Waals surface area contributed by atoms with E-state index in [9.17, 15) is 0 Å². The number of fused-ring (bicyclic) bond motifs is 3. The maximum Gasteiger partial charge on any atom is 0.267 e. The molecule has 1 aromatic heterocycles. The Hall–Kier alpha value is -2.11. The third kappa shape index (κ3) is 5.42. The van der Waals surface area contributed by atoms with Crippen LogP contribution >= 0.6 is 11.3 Å². The fraction of sp³-hybridized carbons (Fsp3) is 0.639. The smallest absolute Gasteiger partial charge is 0.267 e. The predicted molar refractivity (Wildman–Crippen MR) is 178 cm³/mol. The average molecular weight is 572 g/mol. The molecule has 3 aromatic rings. The first-order chi connectivity index (χ1) is 20.1. The van der Waals surface area contributed by atoms with E-state index in [1.54, 1.807) is 0 Å². The molecule has 4 aliphatic rings. The molecule has 2 aliphatic carbocycles. The summed E-state index contributed by atoms with van der Waals surface area (Å²) in [6.07, 6.45) is 20.0. The molecule has 0 bridgehead atoms. The third-order valence-corrected chi connectivity index (χ3v) is 12.7. The van der Waals surface area contributed by atoms with Crippen LogP contribution in [0.3, 0.4) is 0 Å². The Bertz CT molecular complexity index is 1390. The first kappa shape index (κ1) is 27.7. The van der Waals surface area contributed by atoms with E-state index >= 15 is 0 Å². The summed E-state index contributed by atoms with van der Waals surface area (Å²) in [6, 6.07) is 14.2. The largest absolute Gasteiger partial charge is 0.385 e. The number of nitrogens with zero attached hydrogens (tertiary/aromatic N) is 3. The first-order valence-electron chi connectivity index (χ1n) is 16.9. The lowest BCUT2D eigenvalue weighted by Crippen LogP contribution is -2.55. The summed E-state index contributed by atoms with van der Waals surface area (Å²) in [5, 5.41) is 11.7. The molecule has 5 heteroatoms. The number of anilines is 2. The highest BCUT2D eigenvalue weighted by atomic mass is 32.1. The molecule has 4 fully saturated rings. The fourth-order valence-electron chi connectivity index (χ4n) is 8.98. The second-order valence-corrected chi connectivity index (χ2v) is 15.0. The van der Waals surface area contributed by atoms with Gasteiger partial charge in [-0.05, 0) is 93.4 Å². The van der Waals surface area contributed by atoms with E-state index < -0.39 is 0 Å². The Morgan fingerprint density at radius 1 is 0.780 bits per heavy atom. The third-order valence-electron chi connectivity index (χ3n) is 11.6. The molecule has 1 N–H and O–H groups in total. The van der Waals surface area contributed by atoms with Gasteiger partial charge in [-0.3, -0.25) is 4.58 Å². The summed E-state index contributed by atoms with van der Waals surface area (Å²) < 4.78 is 5.53. The van der Waals surface area contributed by atoms with E-state index in [2.05, 4.69) is 70.2 Å².